The van der Waals surface area contributed by atoms with Gasteiger partial charge in [-0.2, -0.15) is 0 Å². The zero-order chi connectivity index (χ0) is 17.9. The van der Waals surface area contributed by atoms with E-state index in [1.165, 1.54) is 18.2 Å². The smallest absolute Gasteiger partial charge is 0.335 e. The molecule has 2 aromatic carbocycles. The number of benzene rings is 2. The fraction of sp³-hybridized carbons (Fsp3) is 0.176. The summed E-state index contributed by atoms with van der Waals surface area (Å²) in [5.74, 6) is -1.73. The van der Waals surface area contributed by atoms with Crippen LogP contribution in [0.2, 0.25) is 15.1 Å². The van der Waals surface area contributed by atoms with E-state index in [9.17, 15) is 9.59 Å². The van der Waals surface area contributed by atoms with Gasteiger partial charge in [0.25, 0.3) is 0 Å². The van der Waals surface area contributed by atoms with Crippen molar-refractivity contribution < 1.29 is 14.7 Å². The monoisotopic (exact) mass is 385 g/mol. The van der Waals surface area contributed by atoms with Crippen LogP contribution in [-0.4, -0.2) is 17.0 Å². The Morgan fingerprint density at radius 2 is 1.71 bits per heavy atom. The molecule has 1 amide bonds. The van der Waals surface area contributed by atoms with E-state index in [1.54, 1.807) is 25.1 Å². The molecule has 2 N–H and O–H groups in total. The van der Waals surface area contributed by atoms with Gasteiger partial charge < -0.3 is 10.4 Å². The lowest BCUT2D eigenvalue weighted by molar-refractivity contribution is -0.119. The molecule has 2 aromatic rings. The third-order valence-corrected chi connectivity index (χ3v) is 4.51. The highest BCUT2D eigenvalue weighted by atomic mass is 35.5. The van der Waals surface area contributed by atoms with Crippen LogP contribution in [0.5, 0.6) is 0 Å². The van der Waals surface area contributed by atoms with Gasteiger partial charge in [0, 0.05) is 5.92 Å². The van der Waals surface area contributed by atoms with Gasteiger partial charge in [-0.05, 0) is 42.3 Å². The number of carboxylic acid groups (broad SMARTS) is 1. The molecule has 1 atom stereocenters. The second-order valence-electron chi connectivity index (χ2n) is 5.34. The molecule has 0 heterocycles. The van der Waals surface area contributed by atoms with Crippen molar-refractivity contribution in [2.45, 2.75) is 13.3 Å². The maximum absolute atomic E-state index is 12.3. The standard InChI is InChI=1S/C17H14Cl3NO3/c1-9(6-10-2-4-12(18)14(20)7-10)16(22)21-15-8-11(17(23)24)3-5-13(15)19/h2-5,7-9H,6H2,1H3,(H,21,22)(H,23,24). The second-order valence-corrected chi connectivity index (χ2v) is 6.56. The summed E-state index contributed by atoms with van der Waals surface area (Å²) in [6.45, 7) is 1.76. The molecule has 0 radical (unpaired) electrons. The summed E-state index contributed by atoms with van der Waals surface area (Å²) < 4.78 is 0. The number of carbonyl (C=O) groups is 2. The number of carbonyl (C=O) groups excluding carboxylic acids is 1. The molecular formula is C17H14Cl3NO3. The van der Waals surface area contributed by atoms with E-state index < -0.39 is 5.97 Å². The largest absolute Gasteiger partial charge is 0.478 e. The van der Waals surface area contributed by atoms with Gasteiger partial charge in [0.2, 0.25) is 5.91 Å². The summed E-state index contributed by atoms with van der Waals surface area (Å²) >= 11 is 17.8. The maximum atomic E-state index is 12.3. The van der Waals surface area contributed by atoms with Crippen molar-refractivity contribution in [3.63, 3.8) is 0 Å². The lowest BCUT2D eigenvalue weighted by Crippen LogP contribution is -2.22. The topological polar surface area (TPSA) is 66.4 Å². The average molecular weight is 387 g/mol. The number of nitrogens with one attached hydrogen (secondary N) is 1. The van der Waals surface area contributed by atoms with Crippen molar-refractivity contribution in [1.29, 1.82) is 0 Å². The van der Waals surface area contributed by atoms with Crippen LogP contribution in [0.15, 0.2) is 36.4 Å². The highest BCUT2D eigenvalue weighted by molar-refractivity contribution is 6.42. The molecule has 126 valence electrons. The Kier molecular flexibility index (Phi) is 6.10. The first kappa shape index (κ1) is 18.6. The van der Waals surface area contributed by atoms with Gasteiger partial charge in [-0.3, -0.25) is 4.79 Å². The minimum Gasteiger partial charge on any atom is -0.478 e. The summed E-state index contributed by atoms with van der Waals surface area (Å²) in [6, 6.07) is 9.33. The number of hydrogen-bond donors (Lipinski definition) is 2. The summed E-state index contributed by atoms with van der Waals surface area (Å²) in [6.07, 6.45) is 0.457. The van der Waals surface area contributed by atoms with Crippen LogP contribution in [0.3, 0.4) is 0 Å². The first-order valence-corrected chi connectivity index (χ1v) is 8.19. The van der Waals surface area contributed by atoms with Gasteiger partial charge in [0.1, 0.15) is 0 Å². The Morgan fingerprint density at radius 1 is 1.04 bits per heavy atom. The molecule has 0 aliphatic heterocycles. The van der Waals surface area contributed by atoms with E-state index >= 15 is 0 Å². The molecule has 24 heavy (non-hydrogen) atoms. The first-order chi connectivity index (χ1) is 11.3. The molecule has 1 unspecified atom stereocenters. The van der Waals surface area contributed by atoms with E-state index in [0.717, 1.165) is 5.56 Å². The summed E-state index contributed by atoms with van der Waals surface area (Å²) in [7, 11) is 0. The van der Waals surface area contributed by atoms with Crippen molar-refractivity contribution in [2.24, 2.45) is 5.92 Å². The number of aromatic carboxylic acids is 1. The lowest BCUT2D eigenvalue weighted by atomic mass is 10.0. The van der Waals surface area contributed by atoms with Crippen LogP contribution in [0.4, 0.5) is 5.69 Å². The van der Waals surface area contributed by atoms with Crippen molar-refractivity contribution in [1.82, 2.24) is 0 Å². The average Bonchev–Trinajstić information content (AvgIpc) is 2.52. The predicted molar refractivity (Wildman–Crippen MR) is 96.4 cm³/mol. The number of carboxylic acids is 1. The number of anilines is 1. The summed E-state index contributed by atoms with van der Waals surface area (Å²) in [5.41, 5.74) is 1.19. The van der Waals surface area contributed by atoms with Crippen molar-refractivity contribution in [3.05, 3.63) is 62.6 Å². The van der Waals surface area contributed by atoms with E-state index in [2.05, 4.69) is 5.32 Å². The predicted octanol–water partition coefficient (Wildman–Crippen LogP) is 5.16. The normalized spacial score (nSPS) is 11.8. The van der Waals surface area contributed by atoms with Crippen LogP contribution >= 0.6 is 34.8 Å². The van der Waals surface area contributed by atoms with Crippen LogP contribution in [-0.2, 0) is 11.2 Å². The number of hydrogen-bond acceptors (Lipinski definition) is 2. The van der Waals surface area contributed by atoms with Gasteiger partial charge in [0.15, 0.2) is 0 Å². The molecule has 7 heteroatoms. The summed E-state index contributed by atoms with van der Waals surface area (Å²) in [5, 5.41) is 12.8. The number of amides is 1. The van der Waals surface area contributed by atoms with Crippen molar-refractivity contribution >= 4 is 52.4 Å². The third kappa shape index (κ3) is 4.63. The Hall–Kier alpha value is -1.75. The molecule has 0 spiro atoms. The molecule has 0 saturated carbocycles. The zero-order valence-electron chi connectivity index (χ0n) is 12.6. The number of rotatable bonds is 5. The molecule has 4 nitrogen and oxygen atoms in total. The highest BCUT2D eigenvalue weighted by Gasteiger charge is 2.16. The maximum Gasteiger partial charge on any atom is 0.335 e. The number of halogens is 3. The quantitative estimate of drug-likeness (QED) is 0.745. The van der Waals surface area contributed by atoms with Crippen LogP contribution in [0, 0.1) is 5.92 Å². The van der Waals surface area contributed by atoms with E-state index in [-0.39, 0.29) is 28.1 Å². The molecule has 0 bridgehead atoms. The van der Waals surface area contributed by atoms with Crippen molar-refractivity contribution in [3.8, 4) is 0 Å². The van der Waals surface area contributed by atoms with Gasteiger partial charge in [-0.15, -0.1) is 0 Å². The van der Waals surface area contributed by atoms with Gasteiger partial charge in [-0.25, -0.2) is 4.79 Å². The molecule has 0 aliphatic rings. The molecule has 0 aliphatic carbocycles. The molecular weight excluding hydrogens is 373 g/mol. The lowest BCUT2D eigenvalue weighted by Gasteiger charge is -2.14. The van der Waals surface area contributed by atoms with Crippen LogP contribution in [0.25, 0.3) is 0 Å². The Morgan fingerprint density at radius 3 is 2.33 bits per heavy atom. The fourth-order valence-electron chi connectivity index (χ4n) is 2.12. The molecule has 0 saturated heterocycles. The van der Waals surface area contributed by atoms with Gasteiger partial charge in [-0.1, -0.05) is 47.8 Å². The Balaban J connectivity index is 2.10. The van der Waals surface area contributed by atoms with Crippen molar-refractivity contribution in [2.75, 3.05) is 5.32 Å². The van der Waals surface area contributed by atoms with Gasteiger partial charge in [0.05, 0.1) is 26.3 Å². The zero-order valence-corrected chi connectivity index (χ0v) is 14.9. The van der Waals surface area contributed by atoms with E-state index in [4.69, 9.17) is 39.9 Å². The minimum atomic E-state index is -1.09. The molecule has 0 fully saturated rings. The summed E-state index contributed by atoms with van der Waals surface area (Å²) in [4.78, 5) is 23.3. The van der Waals surface area contributed by atoms with Crippen LogP contribution in [0.1, 0.15) is 22.8 Å². The Labute approximate surface area is 154 Å². The minimum absolute atomic E-state index is 0.0480. The van der Waals surface area contributed by atoms with E-state index in [0.29, 0.717) is 16.5 Å². The molecule has 2 rings (SSSR count). The highest BCUT2D eigenvalue weighted by Crippen LogP contribution is 2.26. The van der Waals surface area contributed by atoms with E-state index in [1.807, 2.05) is 0 Å². The van der Waals surface area contributed by atoms with Gasteiger partial charge >= 0.3 is 5.97 Å². The third-order valence-electron chi connectivity index (χ3n) is 3.44. The fourth-order valence-corrected chi connectivity index (χ4v) is 2.61. The second kappa shape index (κ2) is 7.88. The van der Waals surface area contributed by atoms with Crippen LogP contribution < -0.4 is 5.32 Å². The Bertz CT molecular complexity index is 793. The molecule has 0 aromatic heterocycles. The first-order valence-electron chi connectivity index (χ1n) is 7.05. The SMILES string of the molecule is CC(Cc1ccc(Cl)c(Cl)c1)C(=O)Nc1cc(C(=O)O)ccc1Cl.